The SMILES string of the molecule is CCNC(=O)CN1CCCN(C(=O)c2sccc2Cl)CC1. The summed E-state index contributed by atoms with van der Waals surface area (Å²) in [5, 5.41) is 5.15. The van der Waals surface area contributed by atoms with Crippen molar-refractivity contribution < 1.29 is 9.59 Å². The largest absolute Gasteiger partial charge is 0.355 e. The van der Waals surface area contributed by atoms with E-state index in [1.165, 1.54) is 11.3 Å². The lowest BCUT2D eigenvalue weighted by Crippen LogP contribution is -2.39. The number of hydrogen-bond donors (Lipinski definition) is 1. The van der Waals surface area contributed by atoms with Gasteiger partial charge in [0.05, 0.1) is 11.6 Å². The molecule has 0 aliphatic carbocycles. The zero-order valence-electron chi connectivity index (χ0n) is 12.1. The first-order valence-corrected chi connectivity index (χ1v) is 8.39. The van der Waals surface area contributed by atoms with Crippen molar-refractivity contribution in [3.05, 3.63) is 21.3 Å². The first-order valence-electron chi connectivity index (χ1n) is 7.13. The van der Waals surface area contributed by atoms with Crippen LogP contribution in [0.2, 0.25) is 5.02 Å². The molecule has 21 heavy (non-hydrogen) atoms. The van der Waals surface area contributed by atoms with Crippen LogP contribution >= 0.6 is 22.9 Å². The minimum absolute atomic E-state index is 0.00476. The summed E-state index contributed by atoms with van der Waals surface area (Å²) < 4.78 is 0. The van der Waals surface area contributed by atoms with Gasteiger partial charge in [-0.05, 0) is 24.8 Å². The molecule has 2 heterocycles. The summed E-state index contributed by atoms with van der Waals surface area (Å²) >= 11 is 7.40. The number of nitrogens with zero attached hydrogens (tertiary/aromatic N) is 2. The lowest BCUT2D eigenvalue weighted by atomic mass is 10.3. The van der Waals surface area contributed by atoms with Crippen LogP contribution in [0.4, 0.5) is 0 Å². The summed E-state index contributed by atoms with van der Waals surface area (Å²) in [6, 6.07) is 1.75. The molecule has 0 unspecified atom stereocenters. The lowest BCUT2D eigenvalue weighted by Gasteiger charge is -2.21. The van der Waals surface area contributed by atoms with Gasteiger partial charge in [0.1, 0.15) is 4.88 Å². The third-order valence-electron chi connectivity index (χ3n) is 3.43. The van der Waals surface area contributed by atoms with E-state index in [-0.39, 0.29) is 11.8 Å². The van der Waals surface area contributed by atoms with Gasteiger partial charge in [-0.25, -0.2) is 0 Å². The third kappa shape index (κ3) is 4.43. The fourth-order valence-corrected chi connectivity index (χ4v) is 3.48. The van der Waals surface area contributed by atoms with Gasteiger partial charge in [-0.2, -0.15) is 0 Å². The molecule has 0 saturated carbocycles. The Bertz CT molecular complexity index is 506. The van der Waals surface area contributed by atoms with E-state index >= 15 is 0 Å². The van der Waals surface area contributed by atoms with Gasteiger partial charge in [-0.15, -0.1) is 11.3 Å². The Balaban J connectivity index is 1.90. The molecule has 0 radical (unpaired) electrons. The summed E-state index contributed by atoms with van der Waals surface area (Å²) in [4.78, 5) is 28.6. The van der Waals surface area contributed by atoms with Crippen molar-refractivity contribution in [2.24, 2.45) is 0 Å². The second-order valence-electron chi connectivity index (χ2n) is 4.97. The number of hydrogen-bond acceptors (Lipinski definition) is 4. The zero-order chi connectivity index (χ0) is 15.2. The van der Waals surface area contributed by atoms with Crippen LogP contribution in [0.15, 0.2) is 11.4 Å². The van der Waals surface area contributed by atoms with E-state index in [1.54, 1.807) is 6.07 Å². The van der Waals surface area contributed by atoms with Gasteiger partial charge in [-0.1, -0.05) is 11.6 Å². The van der Waals surface area contributed by atoms with Crippen molar-refractivity contribution in [1.29, 1.82) is 0 Å². The molecular weight excluding hydrogens is 310 g/mol. The van der Waals surface area contributed by atoms with Crippen LogP contribution in [0.3, 0.4) is 0 Å². The molecule has 1 aromatic heterocycles. The van der Waals surface area contributed by atoms with E-state index < -0.39 is 0 Å². The highest BCUT2D eigenvalue weighted by molar-refractivity contribution is 7.12. The minimum atomic E-state index is -0.00476. The number of likely N-dealkylation sites (N-methyl/N-ethyl adjacent to an activating group) is 1. The normalized spacial score (nSPS) is 16.6. The molecule has 1 fully saturated rings. The van der Waals surface area contributed by atoms with Gasteiger partial charge in [0.25, 0.3) is 5.91 Å². The Morgan fingerprint density at radius 3 is 2.81 bits per heavy atom. The first-order chi connectivity index (χ1) is 10.1. The molecular formula is C14H20ClN3O2S. The predicted molar refractivity (Wildman–Crippen MR) is 85.0 cm³/mol. The first kappa shape index (κ1) is 16.3. The van der Waals surface area contributed by atoms with Crippen molar-refractivity contribution in [2.75, 3.05) is 39.3 Å². The van der Waals surface area contributed by atoms with Gasteiger partial charge in [-0.3, -0.25) is 14.5 Å². The number of halogens is 1. The summed E-state index contributed by atoms with van der Waals surface area (Å²) in [6.45, 7) is 5.84. The van der Waals surface area contributed by atoms with Crippen LogP contribution < -0.4 is 5.32 Å². The van der Waals surface area contributed by atoms with E-state index in [0.717, 1.165) is 13.0 Å². The molecule has 7 heteroatoms. The van der Waals surface area contributed by atoms with Crippen LogP contribution in [-0.2, 0) is 4.79 Å². The van der Waals surface area contributed by atoms with Gasteiger partial charge in [0, 0.05) is 32.7 Å². The quantitative estimate of drug-likeness (QED) is 0.914. The van der Waals surface area contributed by atoms with E-state index in [2.05, 4.69) is 10.2 Å². The smallest absolute Gasteiger partial charge is 0.265 e. The van der Waals surface area contributed by atoms with Crippen LogP contribution in [0.5, 0.6) is 0 Å². The van der Waals surface area contributed by atoms with Crippen LogP contribution in [0, 0.1) is 0 Å². The maximum absolute atomic E-state index is 12.4. The molecule has 0 atom stereocenters. The molecule has 0 bridgehead atoms. The third-order valence-corrected chi connectivity index (χ3v) is 4.76. The summed E-state index contributed by atoms with van der Waals surface area (Å²) in [6.07, 6.45) is 0.869. The highest BCUT2D eigenvalue weighted by Gasteiger charge is 2.23. The highest BCUT2D eigenvalue weighted by Crippen LogP contribution is 2.24. The minimum Gasteiger partial charge on any atom is -0.355 e. The molecule has 2 rings (SSSR count). The Labute approximate surface area is 133 Å². The lowest BCUT2D eigenvalue weighted by molar-refractivity contribution is -0.122. The standard InChI is InChI=1S/C14H20ClN3O2S/c1-2-16-12(19)10-17-5-3-6-18(8-7-17)14(20)13-11(15)4-9-21-13/h4,9H,2-3,5-8,10H2,1H3,(H,16,19). The van der Waals surface area contributed by atoms with Gasteiger partial charge in [0.2, 0.25) is 5.91 Å². The molecule has 1 aliphatic heterocycles. The molecule has 0 spiro atoms. The predicted octanol–water partition coefficient (Wildman–Crippen LogP) is 1.69. The van der Waals surface area contributed by atoms with E-state index in [4.69, 9.17) is 11.6 Å². The Kier molecular flexibility index (Phi) is 6.02. The van der Waals surface area contributed by atoms with Gasteiger partial charge < -0.3 is 10.2 Å². The van der Waals surface area contributed by atoms with Crippen LogP contribution in [-0.4, -0.2) is 60.9 Å². The van der Waals surface area contributed by atoms with Crippen LogP contribution in [0.1, 0.15) is 23.0 Å². The summed E-state index contributed by atoms with van der Waals surface area (Å²) in [5.41, 5.74) is 0. The monoisotopic (exact) mass is 329 g/mol. The molecule has 1 N–H and O–H groups in total. The molecule has 1 aromatic rings. The topological polar surface area (TPSA) is 52.7 Å². The summed E-state index contributed by atoms with van der Waals surface area (Å²) in [7, 11) is 0. The highest BCUT2D eigenvalue weighted by atomic mass is 35.5. The average Bonchev–Trinajstić information content (AvgIpc) is 2.74. The van der Waals surface area contributed by atoms with Crippen molar-refractivity contribution in [1.82, 2.24) is 15.1 Å². The molecule has 1 saturated heterocycles. The number of carbonyl (C=O) groups is 2. The fourth-order valence-electron chi connectivity index (χ4n) is 2.38. The second-order valence-corrected chi connectivity index (χ2v) is 6.30. The number of carbonyl (C=O) groups excluding carboxylic acids is 2. The average molecular weight is 330 g/mol. The number of amides is 2. The Hall–Kier alpha value is -1.11. The number of nitrogens with one attached hydrogen (secondary N) is 1. The molecule has 2 amide bonds. The number of rotatable bonds is 4. The van der Waals surface area contributed by atoms with Crippen molar-refractivity contribution in [3.8, 4) is 0 Å². The second kappa shape index (κ2) is 7.77. The summed E-state index contributed by atoms with van der Waals surface area (Å²) in [5.74, 6) is 0.0356. The van der Waals surface area contributed by atoms with Gasteiger partial charge >= 0.3 is 0 Å². The number of thiophene rings is 1. The van der Waals surface area contributed by atoms with E-state index in [9.17, 15) is 9.59 Å². The maximum Gasteiger partial charge on any atom is 0.265 e. The molecule has 5 nitrogen and oxygen atoms in total. The molecule has 116 valence electrons. The van der Waals surface area contributed by atoms with E-state index in [0.29, 0.717) is 42.6 Å². The van der Waals surface area contributed by atoms with E-state index in [1.807, 2.05) is 17.2 Å². The van der Waals surface area contributed by atoms with Crippen molar-refractivity contribution in [2.45, 2.75) is 13.3 Å². The van der Waals surface area contributed by atoms with Gasteiger partial charge in [0.15, 0.2) is 0 Å². The van der Waals surface area contributed by atoms with Crippen molar-refractivity contribution in [3.63, 3.8) is 0 Å². The fraction of sp³-hybridized carbons (Fsp3) is 0.571. The van der Waals surface area contributed by atoms with Crippen molar-refractivity contribution >= 4 is 34.8 Å². The Morgan fingerprint density at radius 1 is 1.33 bits per heavy atom. The maximum atomic E-state index is 12.4. The molecule has 1 aliphatic rings. The molecule has 0 aromatic carbocycles. The van der Waals surface area contributed by atoms with Crippen LogP contribution in [0.25, 0.3) is 0 Å². The Morgan fingerprint density at radius 2 is 2.14 bits per heavy atom. The zero-order valence-corrected chi connectivity index (χ0v) is 13.7.